The Morgan fingerprint density at radius 1 is 1.04 bits per heavy atom. The minimum atomic E-state index is -0.234. The van der Waals surface area contributed by atoms with E-state index in [1.165, 1.54) is 37.0 Å². The molecule has 0 aliphatic rings. The zero-order valence-electron chi connectivity index (χ0n) is 16.9. The first-order valence-corrected chi connectivity index (χ1v) is 10.7. The molecule has 2 aromatic heterocycles. The van der Waals surface area contributed by atoms with Gasteiger partial charge in [0.15, 0.2) is 0 Å². The van der Waals surface area contributed by atoms with Gasteiger partial charge in [-0.1, -0.05) is 46.1 Å². The van der Waals surface area contributed by atoms with Gasteiger partial charge in [0.1, 0.15) is 10.8 Å². The number of fused-ring (bicyclic) bond motifs is 1. The number of hydrogen-bond acceptors (Lipinski definition) is 5. The van der Waals surface area contributed by atoms with Crippen molar-refractivity contribution in [2.24, 2.45) is 5.41 Å². The number of nitrogens with zero attached hydrogens (tertiary/aromatic N) is 2. The van der Waals surface area contributed by atoms with Gasteiger partial charge >= 0.3 is 0 Å². The third-order valence-corrected chi connectivity index (χ3v) is 5.63. The van der Waals surface area contributed by atoms with Crippen molar-refractivity contribution in [3.63, 3.8) is 0 Å². The average Bonchev–Trinajstić information content (AvgIpc) is 2.67. The second-order valence-electron chi connectivity index (χ2n) is 8.27. The summed E-state index contributed by atoms with van der Waals surface area (Å²) in [6.07, 6.45) is 7.69. The molecule has 0 spiro atoms. The molecule has 4 nitrogen and oxygen atoms in total. The van der Waals surface area contributed by atoms with Crippen molar-refractivity contribution in [2.75, 3.05) is 6.61 Å². The van der Waals surface area contributed by atoms with Gasteiger partial charge < -0.3 is 4.74 Å². The Bertz CT molecular complexity index is 962. The molecule has 0 saturated heterocycles. The van der Waals surface area contributed by atoms with Crippen LogP contribution in [0.5, 0.6) is 5.75 Å². The molecule has 0 amide bonds. The zero-order valence-corrected chi connectivity index (χ0v) is 17.7. The molecule has 5 heteroatoms. The summed E-state index contributed by atoms with van der Waals surface area (Å²) in [6.45, 7) is 7.54. The van der Waals surface area contributed by atoms with E-state index in [1.54, 1.807) is 6.20 Å². The number of unbranched alkanes of at least 4 members (excludes halogenated alkanes) is 3. The number of aromatic nitrogens is 2. The fourth-order valence-electron chi connectivity index (χ4n) is 3.03. The van der Waals surface area contributed by atoms with E-state index in [1.807, 2.05) is 36.4 Å². The minimum absolute atomic E-state index is 0.234. The normalized spacial score (nSPS) is 11.7. The van der Waals surface area contributed by atoms with Gasteiger partial charge in [0.05, 0.1) is 17.7 Å². The lowest BCUT2D eigenvalue weighted by Gasteiger charge is -2.17. The van der Waals surface area contributed by atoms with Crippen LogP contribution < -0.4 is 10.3 Å². The van der Waals surface area contributed by atoms with E-state index in [9.17, 15) is 4.79 Å². The van der Waals surface area contributed by atoms with Gasteiger partial charge in [-0.3, -0.25) is 9.78 Å². The highest BCUT2D eigenvalue weighted by Gasteiger charge is 2.10. The van der Waals surface area contributed by atoms with Crippen molar-refractivity contribution in [2.45, 2.75) is 52.9 Å². The van der Waals surface area contributed by atoms with E-state index in [0.29, 0.717) is 22.4 Å². The Kier molecular flexibility index (Phi) is 6.79. The van der Waals surface area contributed by atoms with Gasteiger partial charge in [-0.15, -0.1) is 11.3 Å². The van der Waals surface area contributed by atoms with E-state index >= 15 is 0 Å². The van der Waals surface area contributed by atoms with Crippen molar-refractivity contribution < 1.29 is 4.74 Å². The van der Waals surface area contributed by atoms with Crippen LogP contribution >= 0.6 is 11.3 Å². The van der Waals surface area contributed by atoms with E-state index in [-0.39, 0.29) is 5.56 Å². The molecule has 0 N–H and O–H groups in total. The second-order valence-corrected chi connectivity index (χ2v) is 9.30. The van der Waals surface area contributed by atoms with Crippen LogP contribution in [0.3, 0.4) is 0 Å². The summed E-state index contributed by atoms with van der Waals surface area (Å²) in [5, 5.41) is 1.24. The molecule has 2 heterocycles. The fourth-order valence-corrected chi connectivity index (χ4v) is 3.99. The first-order valence-electron chi connectivity index (χ1n) is 9.91. The molecule has 0 aliphatic carbocycles. The third kappa shape index (κ3) is 5.86. The molecule has 28 heavy (non-hydrogen) atoms. The Morgan fingerprint density at radius 2 is 1.86 bits per heavy atom. The molecule has 0 atom stereocenters. The van der Waals surface area contributed by atoms with Crippen molar-refractivity contribution in [3.05, 3.63) is 52.9 Å². The van der Waals surface area contributed by atoms with Gasteiger partial charge in [0.25, 0.3) is 5.56 Å². The van der Waals surface area contributed by atoms with E-state index in [0.717, 1.165) is 22.6 Å². The van der Waals surface area contributed by atoms with E-state index < -0.39 is 0 Å². The van der Waals surface area contributed by atoms with Gasteiger partial charge in [-0.2, -0.15) is 4.98 Å². The first-order chi connectivity index (χ1) is 13.4. The van der Waals surface area contributed by atoms with Crippen LogP contribution in [0.4, 0.5) is 0 Å². The molecule has 3 rings (SSSR count). The molecule has 148 valence electrons. The summed E-state index contributed by atoms with van der Waals surface area (Å²) in [5.74, 6) is 0.735. The molecular weight excluding hydrogens is 368 g/mol. The van der Waals surface area contributed by atoms with Crippen LogP contribution in [0.1, 0.15) is 52.9 Å². The fraction of sp³-hybridized carbons (Fsp3) is 0.435. The lowest BCUT2D eigenvalue weighted by Crippen LogP contribution is -2.07. The molecule has 0 aliphatic heterocycles. The molecule has 1 aromatic carbocycles. The average molecular weight is 397 g/mol. The van der Waals surface area contributed by atoms with Gasteiger partial charge in [0, 0.05) is 10.9 Å². The Morgan fingerprint density at radius 3 is 2.61 bits per heavy atom. The van der Waals surface area contributed by atoms with Crippen LogP contribution in [0, 0.1) is 5.41 Å². The van der Waals surface area contributed by atoms with Gasteiger partial charge in [-0.05, 0) is 48.6 Å². The Balaban J connectivity index is 1.57. The van der Waals surface area contributed by atoms with E-state index in [4.69, 9.17) is 4.74 Å². The molecule has 0 saturated carbocycles. The Labute approximate surface area is 170 Å². The van der Waals surface area contributed by atoms with Gasteiger partial charge in [-0.25, -0.2) is 0 Å². The third-order valence-electron chi connectivity index (χ3n) is 4.57. The summed E-state index contributed by atoms with van der Waals surface area (Å²) in [5.41, 5.74) is 0.906. The van der Waals surface area contributed by atoms with Crippen molar-refractivity contribution in [1.82, 2.24) is 9.97 Å². The summed E-state index contributed by atoms with van der Waals surface area (Å²) < 4.78 is 6.76. The van der Waals surface area contributed by atoms with Gasteiger partial charge in [0.2, 0.25) is 0 Å². The van der Waals surface area contributed by atoms with Crippen molar-refractivity contribution in [3.8, 4) is 16.5 Å². The molecule has 0 bridgehead atoms. The number of pyridine rings is 1. The smallest absolute Gasteiger partial charge is 0.279 e. The van der Waals surface area contributed by atoms with Crippen LogP contribution in [0.2, 0.25) is 0 Å². The van der Waals surface area contributed by atoms with Crippen LogP contribution in [0.15, 0.2) is 47.4 Å². The highest BCUT2D eigenvalue weighted by molar-refractivity contribution is 7.21. The molecule has 0 fully saturated rings. The predicted molar refractivity (Wildman–Crippen MR) is 117 cm³/mol. The standard InChI is InChI=1S/C23H28N2O2S/c1-23(2,3)13-7-4-5-9-15-27-17-11-12-20-18(16-17)21(26)25-22(28-20)19-10-6-8-14-24-19/h6,8,10-12,14,16H,4-5,7,9,13,15H2,1-3H3. The maximum atomic E-state index is 12.5. The van der Waals surface area contributed by atoms with Crippen molar-refractivity contribution in [1.29, 1.82) is 0 Å². The second kappa shape index (κ2) is 9.28. The minimum Gasteiger partial charge on any atom is -0.494 e. The predicted octanol–water partition coefficient (Wildman–Crippen LogP) is 6.09. The van der Waals surface area contributed by atoms with Crippen LogP contribution in [0.25, 0.3) is 20.8 Å². The SMILES string of the molecule is CC(C)(C)CCCCCCOc1ccc2sc(-c3ccccn3)nc(=O)c2c1. The zero-order chi connectivity index (χ0) is 20.0. The van der Waals surface area contributed by atoms with Crippen molar-refractivity contribution >= 4 is 21.4 Å². The van der Waals surface area contributed by atoms with Crippen LogP contribution in [-0.4, -0.2) is 16.6 Å². The largest absolute Gasteiger partial charge is 0.494 e. The topological polar surface area (TPSA) is 52.1 Å². The number of benzene rings is 1. The first kappa shape index (κ1) is 20.5. The number of rotatable bonds is 8. The summed E-state index contributed by atoms with van der Waals surface area (Å²) in [4.78, 5) is 21.0. The maximum absolute atomic E-state index is 12.5. The molecule has 0 radical (unpaired) electrons. The highest BCUT2D eigenvalue weighted by Crippen LogP contribution is 2.27. The number of ether oxygens (including phenoxy) is 1. The summed E-state index contributed by atoms with van der Waals surface area (Å²) in [7, 11) is 0. The number of hydrogen-bond donors (Lipinski definition) is 0. The lowest BCUT2D eigenvalue weighted by molar-refractivity contribution is 0.300. The monoisotopic (exact) mass is 396 g/mol. The Hall–Kier alpha value is -2.27. The molecular formula is C23H28N2O2S. The highest BCUT2D eigenvalue weighted by atomic mass is 32.1. The summed E-state index contributed by atoms with van der Waals surface area (Å²) in [6, 6.07) is 11.3. The van der Waals surface area contributed by atoms with E-state index in [2.05, 4.69) is 30.7 Å². The maximum Gasteiger partial charge on any atom is 0.279 e. The quantitative estimate of drug-likeness (QED) is 0.432. The molecule has 0 unspecified atom stereocenters. The lowest BCUT2D eigenvalue weighted by atomic mass is 9.89. The van der Waals surface area contributed by atoms with Crippen LogP contribution in [-0.2, 0) is 0 Å². The molecule has 3 aromatic rings. The summed E-state index contributed by atoms with van der Waals surface area (Å²) >= 11 is 1.47.